The van der Waals surface area contributed by atoms with Crippen molar-refractivity contribution in [3.8, 4) is 0 Å². The van der Waals surface area contributed by atoms with E-state index in [4.69, 9.17) is 25.4 Å². The molecule has 0 radical (unpaired) electrons. The van der Waals surface area contributed by atoms with E-state index in [1.54, 1.807) is 12.1 Å². The van der Waals surface area contributed by atoms with Crippen molar-refractivity contribution in [3.63, 3.8) is 0 Å². The number of carboxylic acids is 1. The Labute approximate surface area is 147 Å². The summed E-state index contributed by atoms with van der Waals surface area (Å²) in [5.41, 5.74) is 10.5. The molecule has 0 aromatic carbocycles. The Hall–Kier alpha value is -1.47. The minimum atomic E-state index is -0.863. The molecule has 0 aliphatic rings. The number of hydrogen-bond acceptors (Lipinski definition) is 5. The van der Waals surface area contributed by atoms with Crippen LogP contribution >= 0.6 is 24.8 Å². The Kier molecular flexibility index (Phi) is 8.41. The summed E-state index contributed by atoms with van der Waals surface area (Å²) in [7, 11) is 0. The normalized spacial score (nSPS) is 10.7. The van der Waals surface area contributed by atoms with Crippen LogP contribution in [0.4, 0.5) is 0 Å². The number of carbonyl (C=O) groups is 1. The molecule has 130 valence electrons. The predicted octanol–water partition coefficient (Wildman–Crippen LogP) is 2.80. The third-order valence-corrected chi connectivity index (χ3v) is 3.65. The number of halogens is 2. The van der Waals surface area contributed by atoms with Crippen molar-refractivity contribution in [3.05, 3.63) is 47.3 Å². The van der Waals surface area contributed by atoms with Gasteiger partial charge in [0, 0.05) is 6.42 Å². The van der Waals surface area contributed by atoms with Crippen LogP contribution in [-0.4, -0.2) is 11.1 Å². The highest BCUT2D eigenvalue weighted by Crippen LogP contribution is 2.38. The third-order valence-electron chi connectivity index (χ3n) is 3.65. The van der Waals surface area contributed by atoms with Crippen LogP contribution in [0.25, 0.3) is 0 Å². The van der Waals surface area contributed by atoms with Crippen LogP contribution < -0.4 is 11.5 Å². The molecule has 0 amide bonds. The number of rotatable bonds is 7. The second kappa shape index (κ2) is 8.98. The van der Waals surface area contributed by atoms with Crippen LogP contribution in [-0.2, 0) is 23.3 Å². The molecule has 6 nitrogen and oxygen atoms in total. The van der Waals surface area contributed by atoms with Gasteiger partial charge in [0.05, 0.1) is 18.5 Å². The molecule has 2 aromatic rings. The van der Waals surface area contributed by atoms with Crippen LogP contribution in [0, 0.1) is 0 Å². The predicted molar refractivity (Wildman–Crippen MR) is 91.0 cm³/mol. The molecule has 8 heteroatoms. The van der Waals surface area contributed by atoms with Crippen molar-refractivity contribution in [2.45, 2.75) is 38.3 Å². The smallest absolute Gasteiger partial charge is 0.303 e. The summed E-state index contributed by atoms with van der Waals surface area (Å²) < 4.78 is 11.4. The molecular weight excluding hydrogens is 343 g/mol. The first-order valence-corrected chi connectivity index (χ1v) is 6.80. The SMILES string of the molecule is CC(CCC(=O)O)(c1ccc(CN)o1)c1ccc(CN)o1.Cl.Cl. The van der Waals surface area contributed by atoms with E-state index in [1.807, 2.05) is 19.1 Å². The number of aliphatic carboxylic acids is 1. The van der Waals surface area contributed by atoms with Gasteiger partial charge in [-0.15, -0.1) is 24.8 Å². The van der Waals surface area contributed by atoms with Crippen LogP contribution in [0.1, 0.15) is 42.8 Å². The van der Waals surface area contributed by atoms with Crippen LogP contribution in [0.2, 0.25) is 0 Å². The zero-order valence-corrected chi connectivity index (χ0v) is 14.4. The first-order chi connectivity index (χ1) is 9.99. The van der Waals surface area contributed by atoms with Gasteiger partial charge in [-0.05, 0) is 37.6 Å². The highest BCUT2D eigenvalue weighted by molar-refractivity contribution is 5.85. The summed E-state index contributed by atoms with van der Waals surface area (Å²) in [5.74, 6) is 1.72. The fourth-order valence-electron chi connectivity index (χ4n) is 2.29. The van der Waals surface area contributed by atoms with E-state index in [0.717, 1.165) is 0 Å². The Morgan fingerprint density at radius 1 is 1.04 bits per heavy atom. The topological polar surface area (TPSA) is 116 Å². The molecule has 2 rings (SSSR count). The Morgan fingerprint density at radius 2 is 1.48 bits per heavy atom. The van der Waals surface area contributed by atoms with Crippen molar-refractivity contribution in [2.75, 3.05) is 0 Å². The first-order valence-electron chi connectivity index (χ1n) is 6.80. The van der Waals surface area contributed by atoms with E-state index in [-0.39, 0.29) is 31.2 Å². The van der Waals surface area contributed by atoms with Gasteiger partial charge in [0.25, 0.3) is 0 Å². The molecule has 0 aliphatic carbocycles. The fraction of sp³-hybridized carbons (Fsp3) is 0.400. The fourth-order valence-corrected chi connectivity index (χ4v) is 2.29. The van der Waals surface area contributed by atoms with Gasteiger partial charge in [-0.1, -0.05) is 0 Å². The van der Waals surface area contributed by atoms with E-state index >= 15 is 0 Å². The summed E-state index contributed by atoms with van der Waals surface area (Å²) in [6.07, 6.45) is 0.366. The number of furan rings is 2. The quantitative estimate of drug-likeness (QED) is 0.695. The molecule has 0 saturated carbocycles. The molecule has 0 unspecified atom stereocenters. The standard InChI is InChI=1S/C15H20N2O4.2ClH/c1-15(7-6-14(18)19,12-4-2-10(8-16)20-12)13-5-3-11(9-17)21-13;;/h2-5H,6-9,16-17H2,1H3,(H,18,19);2*1H. The van der Waals surface area contributed by atoms with Crippen molar-refractivity contribution >= 4 is 30.8 Å². The minimum absolute atomic E-state index is 0. The summed E-state index contributed by atoms with van der Waals surface area (Å²) in [5, 5.41) is 8.97. The molecule has 0 spiro atoms. The van der Waals surface area contributed by atoms with Crippen molar-refractivity contribution in [2.24, 2.45) is 11.5 Å². The van der Waals surface area contributed by atoms with Gasteiger partial charge in [-0.3, -0.25) is 4.79 Å². The van der Waals surface area contributed by atoms with E-state index in [9.17, 15) is 4.79 Å². The molecule has 2 aromatic heterocycles. The third kappa shape index (κ3) is 4.75. The molecule has 5 N–H and O–H groups in total. The second-order valence-electron chi connectivity index (χ2n) is 5.17. The molecule has 0 saturated heterocycles. The number of nitrogens with two attached hydrogens (primary N) is 2. The number of carboxylic acid groups (broad SMARTS) is 1. The molecule has 2 heterocycles. The van der Waals surface area contributed by atoms with E-state index in [1.165, 1.54) is 0 Å². The summed E-state index contributed by atoms with van der Waals surface area (Å²) >= 11 is 0. The first kappa shape index (κ1) is 21.5. The van der Waals surface area contributed by atoms with Crippen molar-refractivity contribution in [1.82, 2.24) is 0 Å². The Bertz CT molecular complexity index is 582. The maximum Gasteiger partial charge on any atom is 0.303 e. The minimum Gasteiger partial charge on any atom is -0.481 e. The van der Waals surface area contributed by atoms with Gasteiger partial charge < -0.3 is 25.4 Å². The Morgan fingerprint density at radius 3 is 1.78 bits per heavy atom. The lowest BCUT2D eigenvalue weighted by Crippen LogP contribution is -2.23. The van der Waals surface area contributed by atoms with Gasteiger partial charge in [0.15, 0.2) is 0 Å². The highest BCUT2D eigenvalue weighted by atomic mass is 35.5. The maximum absolute atomic E-state index is 10.9. The molecule has 0 fully saturated rings. The largest absolute Gasteiger partial charge is 0.481 e. The van der Waals surface area contributed by atoms with E-state index < -0.39 is 11.4 Å². The van der Waals surface area contributed by atoms with Gasteiger partial charge >= 0.3 is 5.97 Å². The van der Waals surface area contributed by atoms with Crippen LogP contribution in [0.15, 0.2) is 33.1 Å². The Balaban J connectivity index is 0.00000242. The zero-order valence-electron chi connectivity index (χ0n) is 12.8. The average Bonchev–Trinajstić information content (AvgIpc) is 3.13. The lowest BCUT2D eigenvalue weighted by atomic mass is 9.80. The molecule has 0 atom stereocenters. The summed E-state index contributed by atoms with van der Waals surface area (Å²) in [4.78, 5) is 10.9. The average molecular weight is 365 g/mol. The van der Waals surface area contributed by atoms with Gasteiger partial charge in [-0.2, -0.15) is 0 Å². The summed E-state index contributed by atoms with van der Waals surface area (Å²) in [6, 6.07) is 7.21. The molecule has 0 bridgehead atoms. The van der Waals surface area contributed by atoms with Gasteiger partial charge in [-0.25, -0.2) is 0 Å². The zero-order chi connectivity index (χ0) is 15.5. The van der Waals surface area contributed by atoms with E-state index in [0.29, 0.717) is 42.6 Å². The summed E-state index contributed by atoms with van der Waals surface area (Å²) in [6.45, 7) is 2.48. The van der Waals surface area contributed by atoms with Gasteiger partial charge in [0.1, 0.15) is 23.0 Å². The molecular formula is C15H22Cl2N2O4. The number of hydrogen-bond donors (Lipinski definition) is 3. The maximum atomic E-state index is 10.9. The van der Waals surface area contributed by atoms with Crippen molar-refractivity contribution < 1.29 is 18.7 Å². The van der Waals surface area contributed by atoms with Crippen molar-refractivity contribution in [1.29, 1.82) is 0 Å². The monoisotopic (exact) mass is 364 g/mol. The highest BCUT2D eigenvalue weighted by Gasteiger charge is 2.36. The van der Waals surface area contributed by atoms with Crippen LogP contribution in [0.3, 0.4) is 0 Å². The van der Waals surface area contributed by atoms with E-state index in [2.05, 4.69) is 0 Å². The second-order valence-corrected chi connectivity index (χ2v) is 5.17. The van der Waals surface area contributed by atoms with Gasteiger partial charge in [0.2, 0.25) is 0 Å². The molecule has 0 aliphatic heterocycles. The van der Waals surface area contributed by atoms with Crippen LogP contribution in [0.5, 0.6) is 0 Å². The lowest BCUT2D eigenvalue weighted by molar-refractivity contribution is -0.137. The molecule has 23 heavy (non-hydrogen) atoms. The lowest BCUT2D eigenvalue weighted by Gasteiger charge is -2.24.